The van der Waals surface area contributed by atoms with Gasteiger partial charge >= 0.3 is 12.2 Å². The number of amides is 2. The van der Waals surface area contributed by atoms with Gasteiger partial charge in [-0.25, -0.2) is 14.0 Å². The van der Waals surface area contributed by atoms with Crippen LogP contribution >= 0.6 is 0 Å². The fourth-order valence-electron chi connectivity index (χ4n) is 2.96. The molecule has 2 rings (SSSR count). The van der Waals surface area contributed by atoms with Gasteiger partial charge in [-0.2, -0.15) is 0 Å². The predicted octanol–water partition coefficient (Wildman–Crippen LogP) is 4.55. The first-order valence-corrected chi connectivity index (χ1v) is 9.54. The molecule has 1 fully saturated rings. The van der Waals surface area contributed by atoms with Crippen molar-refractivity contribution in [2.24, 2.45) is 0 Å². The van der Waals surface area contributed by atoms with Crippen LogP contribution in [-0.2, 0) is 9.47 Å². The lowest BCUT2D eigenvalue weighted by Gasteiger charge is -2.43. The quantitative estimate of drug-likeness (QED) is 0.738. The van der Waals surface area contributed by atoms with Crippen LogP contribution in [0.25, 0.3) is 0 Å². The van der Waals surface area contributed by atoms with E-state index in [4.69, 9.17) is 9.47 Å². The third-order valence-corrected chi connectivity index (χ3v) is 4.15. The van der Waals surface area contributed by atoms with E-state index >= 15 is 4.39 Å². The highest BCUT2D eigenvalue weighted by atomic mass is 19.1. The Morgan fingerprint density at radius 3 is 2.04 bits per heavy atom. The summed E-state index contributed by atoms with van der Waals surface area (Å²) in [4.78, 5) is 28.0. The van der Waals surface area contributed by atoms with Crippen molar-refractivity contribution in [3.63, 3.8) is 0 Å². The number of hydrogen-bond donors (Lipinski definition) is 0. The van der Waals surface area contributed by atoms with Gasteiger partial charge in [0.15, 0.2) is 0 Å². The molecule has 1 aliphatic rings. The number of hydrogen-bond acceptors (Lipinski definition) is 4. The van der Waals surface area contributed by atoms with Gasteiger partial charge in [-0.05, 0) is 47.1 Å². The molecule has 1 saturated heterocycles. The fraction of sp³-hybridized carbons (Fsp3) is 0.619. The lowest BCUT2D eigenvalue weighted by atomic mass is 10.0. The van der Waals surface area contributed by atoms with E-state index in [2.05, 4.69) is 0 Å². The molecule has 0 bridgehead atoms. The molecule has 0 aliphatic carbocycles. The summed E-state index contributed by atoms with van der Waals surface area (Å²) in [7, 11) is 0. The normalized spacial score (nSPS) is 19.2. The van der Waals surface area contributed by atoms with E-state index in [1.807, 2.05) is 0 Å². The molecule has 6 nitrogen and oxygen atoms in total. The van der Waals surface area contributed by atoms with Crippen LogP contribution in [0.15, 0.2) is 30.3 Å². The summed E-state index contributed by atoms with van der Waals surface area (Å²) in [6, 6.07) is 7.77. The van der Waals surface area contributed by atoms with E-state index in [0.717, 1.165) is 0 Å². The largest absolute Gasteiger partial charge is 0.444 e. The molecular weight excluding hydrogens is 363 g/mol. The molecule has 2 atom stereocenters. The summed E-state index contributed by atoms with van der Waals surface area (Å²) < 4.78 is 26.3. The van der Waals surface area contributed by atoms with Crippen molar-refractivity contribution in [2.75, 3.05) is 19.6 Å². The van der Waals surface area contributed by atoms with Crippen LogP contribution in [0.4, 0.5) is 14.0 Å². The molecule has 7 heteroatoms. The lowest BCUT2D eigenvalue weighted by Crippen LogP contribution is -2.59. The number of nitrogens with zero attached hydrogens (tertiary/aromatic N) is 2. The molecule has 28 heavy (non-hydrogen) atoms. The van der Waals surface area contributed by atoms with Crippen LogP contribution in [0.1, 0.15) is 53.3 Å². The number of carbonyl (C=O) groups is 2. The number of alkyl halides is 1. The molecule has 1 aliphatic heterocycles. The first-order chi connectivity index (χ1) is 12.9. The maximum atomic E-state index is 15.4. The maximum absolute atomic E-state index is 15.4. The maximum Gasteiger partial charge on any atom is 0.410 e. The molecule has 0 aromatic heterocycles. The zero-order valence-electron chi connectivity index (χ0n) is 17.6. The minimum atomic E-state index is -1.46. The van der Waals surface area contributed by atoms with Crippen molar-refractivity contribution in [3.8, 4) is 0 Å². The third kappa shape index (κ3) is 6.11. The van der Waals surface area contributed by atoms with Crippen molar-refractivity contribution in [1.29, 1.82) is 0 Å². The standard InChI is InChI=1S/C21H31FN2O4/c1-20(2,3)27-18(25)23-12-13-24(19(26)28-21(4,5)6)16(14-23)17(22)15-10-8-7-9-11-15/h7-11,16-17H,12-14H2,1-6H3/t16?,17-/m1/s1. The van der Waals surface area contributed by atoms with Crippen LogP contribution in [0, 0.1) is 0 Å². The minimum Gasteiger partial charge on any atom is -0.444 e. The van der Waals surface area contributed by atoms with Gasteiger partial charge in [0.2, 0.25) is 0 Å². The number of benzene rings is 1. The molecule has 0 saturated carbocycles. The zero-order valence-corrected chi connectivity index (χ0v) is 17.6. The monoisotopic (exact) mass is 394 g/mol. The van der Waals surface area contributed by atoms with Gasteiger partial charge in [0, 0.05) is 19.6 Å². The van der Waals surface area contributed by atoms with Crippen LogP contribution in [0.3, 0.4) is 0 Å². The van der Waals surface area contributed by atoms with E-state index in [1.165, 1.54) is 9.80 Å². The molecule has 2 amide bonds. The van der Waals surface area contributed by atoms with E-state index in [0.29, 0.717) is 5.56 Å². The predicted molar refractivity (Wildman–Crippen MR) is 105 cm³/mol. The lowest BCUT2D eigenvalue weighted by molar-refractivity contribution is -0.0277. The van der Waals surface area contributed by atoms with Crippen LogP contribution in [0.5, 0.6) is 0 Å². The smallest absolute Gasteiger partial charge is 0.410 e. The Labute approximate surface area is 166 Å². The average molecular weight is 394 g/mol. The average Bonchev–Trinajstić information content (AvgIpc) is 2.58. The Morgan fingerprint density at radius 2 is 1.50 bits per heavy atom. The SMILES string of the molecule is CC(C)(C)OC(=O)N1CCN(C(=O)OC(C)(C)C)C([C@H](F)c2ccccc2)C1. The van der Waals surface area contributed by atoms with E-state index < -0.39 is 35.6 Å². The van der Waals surface area contributed by atoms with Gasteiger partial charge in [0.25, 0.3) is 0 Å². The van der Waals surface area contributed by atoms with Crippen LogP contribution in [-0.4, -0.2) is 58.9 Å². The molecule has 1 aromatic carbocycles. The Balaban J connectivity index is 2.24. The number of piperazine rings is 1. The van der Waals surface area contributed by atoms with E-state index in [-0.39, 0.29) is 19.6 Å². The molecule has 1 heterocycles. The summed E-state index contributed by atoms with van der Waals surface area (Å²) in [6.45, 7) is 11.1. The Morgan fingerprint density at radius 1 is 0.964 bits per heavy atom. The summed E-state index contributed by atoms with van der Waals surface area (Å²) in [5, 5.41) is 0. The summed E-state index contributed by atoms with van der Waals surface area (Å²) in [5.74, 6) is 0. The topological polar surface area (TPSA) is 59.1 Å². The molecule has 0 spiro atoms. The molecule has 156 valence electrons. The summed E-state index contributed by atoms with van der Waals surface area (Å²) in [5.41, 5.74) is -0.890. The molecular formula is C21H31FN2O4. The Kier molecular flexibility index (Phi) is 6.57. The number of ether oxygens (including phenoxy) is 2. The van der Waals surface area contributed by atoms with Gasteiger partial charge in [0.05, 0.1) is 6.04 Å². The number of carbonyl (C=O) groups excluding carboxylic acids is 2. The van der Waals surface area contributed by atoms with E-state index in [9.17, 15) is 9.59 Å². The Bertz CT molecular complexity index is 682. The minimum absolute atomic E-state index is 0.0320. The first kappa shape index (κ1) is 22.0. The van der Waals surface area contributed by atoms with Crippen LogP contribution in [0.2, 0.25) is 0 Å². The van der Waals surface area contributed by atoms with Gasteiger partial charge in [-0.15, -0.1) is 0 Å². The van der Waals surface area contributed by atoms with E-state index in [1.54, 1.807) is 71.9 Å². The Hall–Kier alpha value is -2.31. The second-order valence-corrected chi connectivity index (χ2v) is 8.98. The second-order valence-electron chi connectivity index (χ2n) is 8.98. The summed E-state index contributed by atoms with van der Waals surface area (Å²) in [6.07, 6.45) is -2.56. The fourth-order valence-corrected chi connectivity index (χ4v) is 2.96. The van der Waals surface area contributed by atoms with Gasteiger partial charge in [-0.3, -0.25) is 4.90 Å². The van der Waals surface area contributed by atoms with Gasteiger partial charge in [0.1, 0.15) is 17.4 Å². The second kappa shape index (κ2) is 8.37. The molecule has 0 N–H and O–H groups in total. The van der Waals surface area contributed by atoms with Gasteiger partial charge < -0.3 is 14.4 Å². The highest BCUT2D eigenvalue weighted by molar-refractivity contribution is 5.71. The molecule has 0 radical (unpaired) electrons. The van der Waals surface area contributed by atoms with Crippen LogP contribution < -0.4 is 0 Å². The van der Waals surface area contributed by atoms with Crippen molar-refractivity contribution >= 4 is 12.2 Å². The zero-order chi connectivity index (χ0) is 21.1. The van der Waals surface area contributed by atoms with Crippen molar-refractivity contribution in [2.45, 2.75) is 65.0 Å². The first-order valence-electron chi connectivity index (χ1n) is 9.54. The van der Waals surface area contributed by atoms with Gasteiger partial charge in [-0.1, -0.05) is 30.3 Å². The highest BCUT2D eigenvalue weighted by Crippen LogP contribution is 2.29. The third-order valence-electron chi connectivity index (χ3n) is 4.15. The van der Waals surface area contributed by atoms with Crippen molar-refractivity contribution in [1.82, 2.24) is 9.80 Å². The molecule has 1 aromatic rings. The number of rotatable bonds is 2. The number of halogens is 1. The molecule has 1 unspecified atom stereocenters. The summed E-state index contributed by atoms with van der Waals surface area (Å²) >= 11 is 0. The highest BCUT2D eigenvalue weighted by Gasteiger charge is 2.41. The van der Waals surface area contributed by atoms with Crippen molar-refractivity contribution in [3.05, 3.63) is 35.9 Å². The van der Waals surface area contributed by atoms with Crippen molar-refractivity contribution < 1.29 is 23.5 Å².